The van der Waals surface area contributed by atoms with Crippen LogP contribution in [0.2, 0.25) is 0 Å². The van der Waals surface area contributed by atoms with Gasteiger partial charge in [-0.15, -0.1) is 0 Å². The predicted octanol–water partition coefficient (Wildman–Crippen LogP) is 2.77. The number of nitrogens with zero attached hydrogens (tertiary/aromatic N) is 1. The lowest BCUT2D eigenvalue weighted by Gasteiger charge is -2.10. The minimum absolute atomic E-state index is 0.0692. The fraction of sp³-hybridized carbons (Fsp3) is 0.222. The molecule has 0 saturated carbocycles. The maximum atomic E-state index is 11.9. The van der Waals surface area contributed by atoms with E-state index in [1.165, 1.54) is 18.2 Å². The van der Waals surface area contributed by atoms with E-state index in [4.69, 9.17) is 9.47 Å². The Balaban J connectivity index is 1.80. The highest BCUT2D eigenvalue weighted by atomic mass is 16.6. The number of carbonyl (C=O) groups is 2. The molecule has 0 atom stereocenters. The SMILES string of the molecule is Cc1cc([N+](=O)[O-])ccc1NC(=O)COC(=O)COc1ccccc1C. The number of aryl methyl sites for hydroxylation is 2. The normalized spacial score (nSPS) is 10.1. The van der Waals surface area contributed by atoms with Gasteiger partial charge in [0, 0.05) is 17.8 Å². The minimum atomic E-state index is -0.677. The summed E-state index contributed by atoms with van der Waals surface area (Å²) in [6.07, 6.45) is 0. The van der Waals surface area contributed by atoms with Gasteiger partial charge in [-0.2, -0.15) is 0 Å². The number of carbonyl (C=O) groups excluding carboxylic acids is 2. The number of anilines is 1. The summed E-state index contributed by atoms with van der Waals surface area (Å²) in [5.74, 6) is -0.662. The number of benzene rings is 2. The van der Waals surface area contributed by atoms with Crippen molar-refractivity contribution in [1.82, 2.24) is 0 Å². The fourth-order valence-electron chi connectivity index (χ4n) is 2.13. The van der Waals surface area contributed by atoms with Crippen LogP contribution < -0.4 is 10.1 Å². The van der Waals surface area contributed by atoms with Crippen LogP contribution in [0.4, 0.5) is 11.4 Å². The van der Waals surface area contributed by atoms with Crippen LogP contribution in [0.5, 0.6) is 5.75 Å². The van der Waals surface area contributed by atoms with E-state index in [-0.39, 0.29) is 12.3 Å². The van der Waals surface area contributed by atoms with E-state index in [0.717, 1.165) is 5.56 Å². The predicted molar refractivity (Wildman–Crippen MR) is 94.1 cm³/mol. The Morgan fingerprint density at radius 2 is 1.81 bits per heavy atom. The van der Waals surface area contributed by atoms with Crippen molar-refractivity contribution in [1.29, 1.82) is 0 Å². The number of esters is 1. The van der Waals surface area contributed by atoms with Gasteiger partial charge in [-0.05, 0) is 37.1 Å². The molecule has 0 heterocycles. The minimum Gasteiger partial charge on any atom is -0.482 e. The molecular formula is C18H18N2O6. The first-order valence-electron chi connectivity index (χ1n) is 7.76. The number of non-ortho nitro benzene ring substituents is 1. The van der Waals surface area contributed by atoms with E-state index < -0.39 is 23.4 Å². The van der Waals surface area contributed by atoms with E-state index in [2.05, 4.69) is 5.32 Å². The molecule has 8 heteroatoms. The highest BCUT2D eigenvalue weighted by molar-refractivity contribution is 5.93. The van der Waals surface area contributed by atoms with Crippen molar-refractivity contribution in [2.24, 2.45) is 0 Å². The lowest BCUT2D eigenvalue weighted by atomic mass is 10.2. The molecule has 26 heavy (non-hydrogen) atoms. The lowest BCUT2D eigenvalue weighted by Crippen LogP contribution is -2.24. The molecule has 2 rings (SSSR count). The average Bonchev–Trinajstić information content (AvgIpc) is 2.60. The zero-order valence-electron chi connectivity index (χ0n) is 14.4. The molecule has 0 aliphatic rings. The third-order valence-corrected chi connectivity index (χ3v) is 3.50. The second-order valence-corrected chi connectivity index (χ2v) is 5.52. The molecule has 0 unspecified atom stereocenters. The van der Waals surface area contributed by atoms with Gasteiger partial charge in [-0.3, -0.25) is 14.9 Å². The maximum absolute atomic E-state index is 11.9. The van der Waals surface area contributed by atoms with E-state index in [1.54, 1.807) is 19.1 Å². The molecule has 0 fully saturated rings. The molecule has 0 aliphatic carbocycles. The Morgan fingerprint density at radius 1 is 1.08 bits per heavy atom. The lowest BCUT2D eigenvalue weighted by molar-refractivity contribution is -0.384. The summed E-state index contributed by atoms with van der Waals surface area (Å²) in [5, 5.41) is 13.2. The van der Waals surface area contributed by atoms with Gasteiger partial charge in [0.25, 0.3) is 11.6 Å². The quantitative estimate of drug-likeness (QED) is 0.463. The second kappa shape index (κ2) is 8.61. The smallest absolute Gasteiger partial charge is 0.344 e. The fourth-order valence-corrected chi connectivity index (χ4v) is 2.13. The summed E-state index contributed by atoms with van der Waals surface area (Å²) in [6, 6.07) is 11.3. The Labute approximate surface area is 149 Å². The average molecular weight is 358 g/mol. The zero-order chi connectivity index (χ0) is 19.1. The number of hydrogen-bond acceptors (Lipinski definition) is 6. The van der Waals surface area contributed by atoms with Crippen LogP contribution >= 0.6 is 0 Å². The van der Waals surface area contributed by atoms with Crippen LogP contribution in [0, 0.1) is 24.0 Å². The van der Waals surface area contributed by atoms with Gasteiger partial charge in [-0.25, -0.2) is 4.79 Å². The van der Waals surface area contributed by atoms with Crippen molar-refractivity contribution in [2.45, 2.75) is 13.8 Å². The largest absolute Gasteiger partial charge is 0.482 e. The van der Waals surface area contributed by atoms with Crippen LogP contribution in [-0.2, 0) is 14.3 Å². The number of ether oxygens (including phenoxy) is 2. The number of nitro benzene ring substituents is 1. The number of nitro groups is 1. The van der Waals surface area contributed by atoms with Crippen LogP contribution in [-0.4, -0.2) is 30.0 Å². The molecule has 0 aromatic heterocycles. The first-order chi connectivity index (χ1) is 12.4. The first-order valence-corrected chi connectivity index (χ1v) is 7.76. The summed E-state index contributed by atoms with van der Waals surface area (Å²) in [6.45, 7) is 2.69. The molecular weight excluding hydrogens is 340 g/mol. The summed E-state index contributed by atoms with van der Waals surface area (Å²) < 4.78 is 10.2. The van der Waals surface area contributed by atoms with Gasteiger partial charge in [0.05, 0.1) is 4.92 Å². The molecule has 1 amide bonds. The number of para-hydroxylation sites is 1. The molecule has 2 aromatic carbocycles. The Hall–Kier alpha value is -3.42. The number of hydrogen-bond donors (Lipinski definition) is 1. The Bertz CT molecular complexity index is 834. The van der Waals surface area contributed by atoms with Gasteiger partial charge in [0.1, 0.15) is 5.75 Å². The topological polar surface area (TPSA) is 108 Å². The third-order valence-electron chi connectivity index (χ3n) is 3.50. The van der Waals surface area contributed by atoms with Gasteiger partial charge < -0.3 is 14.8 Å². The first kappa shape index (κ1) is 18.9. The Morgan fingerprint density at radius 3 is 2.46 bits per heavy atom. The summed E-state index contributed by atoms with van der Waals surface area (Å²) in [5.41, 5.74) is 1.75. The van der Waals surface area contributed by atoms with Crippen LogP contribution in [0.15, 0.2) is 42.5 Å². The molecule has 0 bridgehead atoms. The van der Waals surface area contributed by atoms with Gasteiger partial charge in [0.2, 0.25) is 0 Å². The van der Waals surface area contributed by atoms with E-state index >= 15 is 0 Å². The van der Waals surface area contributed by atoms with Gasteiger partial charge in [0.15, 0.2) is 13.2 Å². The molecule has 2 aromatic rings. The zero-order valence-corrected chi connectivity index (χ0v) is 14.4. The standard InChI is InChI=1S/C18H18N2O6/c1-12-5-3-4-6-16(12)25-11-18(22)26-10-17(21)19-15-8-7-14(20(23)24)9-13(15)2/h3-9H,10-11H2,1-2H3,(H,19,21). The van der Waals surface area contributed by atoms with Crippen molar-refractivity contribution >= 4 is 23.3 Å². The second-order valence-electron chi connectivity index (χ2n) is 5.52. The van der Waals surface area contributed by atoms with Crippen molar-refractivity contribution in [2.75, 3.05) is 18.5 Å². The third kappa shape index (κ3) is 5.30. The van der Waals surface area contributed by atoms with Gasteiger partial charge >= 0.3 is 5.97 Å². The molecule has 0 radical (unpaired) electrons. The van der Waals surface area contributed by atoms with Crippen molar-refractivity contribution in [3.8, 4) is 5.75 Å². The van der Waals surface area contributed by atoms with Crippen molar-refractivity contribution < 1.29 is 24.0 Å². The number of rotatable bonds is 7. The van der Waals surface area contributed by atoms with E-state index in [0.29, 0.717) is 17.0 Å². The molecule has 0 aliphatic heterocycles. The number of nitrogens with one attached hydrogen (secondary N) is 1. The highest BCUT2D eigenvalue weighted by Crippen LogP contribution is 2.21. The summed E-state index contributed by atoms with van der Waals surface area (Å²) in [4.78, 5) is 33.7. The van der Waals surface area contributed by atoms with Crippen molar-refractivity contribution in [3.63, 3.8) is 0 Å². The monoisotopic (exact) mass is 358 g/mol. The molecule has 0 saturated heterocycles. The summed E-state index contributed by atoms with van der Waals surface area (Å²) >= 11 is 0. The van der Waals surface area contributed by atoms with E-state index in [1.807, 2.05) is 19.1 Å². The molecule has 136 valence electrons. The summed E-state index contributed by atoms with van der Waals surface area (Å²) in [7, 11) is 0. The molecule has 1 N–H and O–H groups in total. The van der Waals surface area contributed by atoms with Crippen molar-refractivity contribution in [3.05, 3.63) is 63.7 Å². The highest BCUT2D eigenvalue weighted by Gasteiger charge is 2.12. The molecule has 8 nitrogen and oxygen atoms in total. The maximum Gasteiger partial charge on any atom is 0.344 e. The van der Waals surface area contributed by atoms with Crippen LogP contribution in [0.3, 0.4) is 0 Å². The van der Waals surface area contributed by atoms with E-state index in [9.17, 15) is 19.7 Å². The van der Waals surface area contributed by atoms with Crippen LogP contribution in [0.25, 0.3) is 0 Å². The van der Waals surface area contributed by atoms with Crippen LogP contribution in [0.1, 0.15) is 11.1 Å². The van der Waals surface area contributed by atoms with Gasteiger partial charge in [-0.1, -0.05) is 18.2 Å². The molecule has 0 spiro atoms. The number of amides is 1. The Kier molecular flexibility index (Phi) is 6.26.